The molecular weight excluding hydrogens is 280 g/mol. The fourth-order valence-corrected chi connectivity index (χ4v) is 4.76. The summed E-state index contributed by atoms with van der Waals surface area (Å²) in [5.74, 6) is 1.41. The standard InChI is InChI=1S/C13H28N2O2S2/c1-3-8-14-9-4-5-11-19(16,17)15-12-13(2)7-6-10-18-13/h14-15H,3-12H2,1-2H3. The molecule has 0 aromatic rings. The van der Waals surface area contributed by atoms with Crippen molar-refractivity contribution < 1.29 is 8.42 Å². The van der Waals surface area contributed by atoms with Crippen LogP contribution in [0.15, 0.2) is 0 Å². The van der Waals surface area contributed by atoms with Gasteiger partial charge >= 0.3 is 0 Å². The maximum Gasteiger partial charge on any atom is 0.211 e. The molecule has 1 unspecified atom stereocenters. The Labute approximate surface area is 122 Å². The maximum absolute atomic E-state index is 11.9. The largest absolute Gasteiger partial charge is 0.317 e. The van der Waals surface area contributed by atoms with E-state index in [2.05, 4.69) is 23.9 Å². The van der Waals surface area contributed by atoms with Gasteiger partial charge in [-0.15, -0.1) is 0 Å². The van der Waals surface area contributed by atoms with E-state index in [1.807, 2.05) is 11.8 Å². The van der Waals surface area contributed by atoms with Gasteiger partial charge in [-0.25, -0.2) is 13.1 Å². The second-order valence-corrected chi connectivity index (χ2v) is 9.11. The van der Waals surface area contributed by atoms with Crippen LogP contribution in [0.3, 0.4) is 0 Å². The summed E-state index contributed by atoms with van der Waals surface area (Å²) in [5, 5.41) is 3.29. The van der Waals surface area contributed by atoms with Crippen molar-refractivity contribution in [2.45, 2.75) is 50.7 Å². The third-order valence-corrected chi connectivity index (χ3v) is 6.36. The third-order valence-electron chi connectivity index (χ3n) is 3.41. The molecule has 0 saturated carbocycles. The normalized spacial score (nSPS) is 23.9. The van der Waals surface area contributed by atoms with Crippen LogP contribution in [0.2, 0.25) is 0 Å². The van der Waals surface area contributed by atoms with Gasteiger partial charge in [0.1, 0.15) is 0 Å². The van der Waals surface area contributed by atoms with Gasteiger partial charge in [0.15, 0.2) is 0 Å². The minimum atomic E-state index is -3.09. The van der Waals surface area contributed by atoms with Gasteiger partial charge in [0, 0.05) is 11.3 Å². The molecule has 1 fully saturated rings. The van der Waals surface area contributed by atoms with Crippen molar-refractivity contribution in [3.8, 4) is 0 Å². The Balaban J connectivity index is 2.13. The number of hydrogen-bond donors (Lipinski definition) is 2. The molecule has 2 N–H and O–H groups in total. The Bertz CT molecular complexity index is 339. The summed E-state index contributed by atoms with van der Waals surface area (Å²) in [6, 6.07) is 0. The van der Waals surface area contributed by atoms with Crippen LogP contribution in [-0.2, 0) is 10.0 Å². The number of rotatable bonds is 10. The molecule has 1 aliphatic rings. The lowest BCUT2D eigenvalue weighted by Gasteiger charge is -2.22. The van der Waals surface area contributed by atoms with E-state index in [4.69, 9.17) is 0 Å². The van der Waals surface area contributed by atoms with Gasteiger partial charge in [-0.1, -0.05) is 6.92 Å². The highest BCUT2D eigenvalue weighted by Crippen LogP contribution is 2.37. The first-order chi connectivity index (χ1) is 8.97. The molecule has 0 spiro atoms. The summed E-state index contributed by atoms with van der Waals surface area (Å²) in [6.07, 6.45) is 5.09. The molecule has 1 heterocycles. The highest BCUT2D eigenvalue weighted by Gasteiger charge is 2.30. The molecule has 1 aliphatic heterocycles. The van der Waals surface area contributed by atoms with Crippen molar-refractivity contribution in [3.05, 3.63) is 0 Å². The van der Waals surface area contributed by atoms with E-state index in [1.165, 1.54) is 6.42 Å². The average molecular weight is 309 g/mol. The van der Waals surface area contributed by atoms with Crippen molar-refractivity contribution in [1.29, 1.82) is 0 Å². The minimum absolute atomic E-state index is 0.107. The first-order valence-corrected chi connectivity index (χ1v) is 9.93. The smallest absolute Gasteiger partial charge is 0.211 e. The molecule has 0 aromatic heterocycles. The van der Waals surface area contributed by atoms with Gasteiger partial charge in [0.25, 0.3) is 0 Å². The van der Waals surface area contributed by atoms with E-state index in [9.17, 15) is 8.42 Å². The Morgan fingerprint density at radius 3 is 2.68 bits per heavy atom. The van der Waals surface area contributed by atoms with E-state index >= 15 is 0 Å². The summed E-state index contributed by atoms with van der Waals surface area (Å²) < 4.78 is 26.6. The monoisotopic (exact) mass is 308 g/mol. The predicted molar refractivity (Wildman–Crippen MR) is 84.3 cm³/mol. The fraction of sp³-hybridized carbons (Fsp3) is 1.00. The second-order valence-electron chi connectivity index (χ2n) is 5.50. The summed E-state index contributed by atoms with van der Waals surface area (Å²) in [6.45, 7) is 6.79. The molecule has 4 nitrogen and oxygen atoms in total. The van der Waals surface area contributed by atoms with E-state index in [0.717, 1.165) is 44.5 Å². The van der Waals surface area contributed by atoms with Crippen LogP contribution in [0.5, 0.6) is 0 Å². The van der Waals surface area contributed by atoms with Crippen LogP contribution in [0, 0.1) is 0 Å². The molecule has 19 heavy (non-hydrogen) atoms. The van der Waals surface area contributed by atoms with Crippen molar-refractivity contribution in [2.24, 2.45) is 0 Å². The number of thioether (sulfide) groups is 1. The first kappa shape index (κ1) is 17.3. The topological polar surface area (TPSA) is 58.2 Å². The molecule has 114 valence electrons. The van der Waals surface area contributed by atoms with E-state index < -0.39 is 10.0 Å². The fourth-order valence-electron chi connectivity index (χ4n) is 2.15. The maximum atomic E-state index is 11.9. The van der Waals surface area contributed by atoms with Crippen molar-refractivity contribution in [2.75, 3.05) is 31.1 Å². The molecule has 0 radical (unpaired) electrons. The van der Waals surface area contributed by atoms with E-state index in [0.29, 0.717) is 6.54 Å². The molecule has 1 saturated heterocycles. The van der Waals surface area contributed by atoms with Gasteiger partial charge in [0.2, 0.25) is 10.0 Å². The van der Waals surface area contributed by atoms with Crippen LogP contribution in [0.1, 0.15) is 46.0 Å². The SMILES string of the molecule is CCCNCCCCS(=O)(=O)NCC1(C)CCCS1. The van der Waals surface area contributed by atoms with Crippen LogP contribution in [0.25, 0.3) is 0 Å². The lowest BCUT2D eigenvalue weighted by molar-refractivity contribution is 0.548. The average Bonchev–Trinajstić information content (AvgIpc) is 2.79. The van der Waals surface area contributed by atoms with Gasteiger partial charge < -0.3 is 5.32 Å². The van der Waals surface area contributed by atoms with Gasteiger partial charge in [-0.05, 0) is 57.9 Å². The molecule has 0 aromatic carbocycles. The number of sulfonamides is 1. The predicted octanol–water partition coefficient (Wildman–Crippen LogP) is 1.97. The highest BCUT2D eigenvalue weighted by molar-refractivity contribution is 8.01. The third kappa shape index (κ3) is 7.54. The summed E-state index contributed by atoms with van der Waals surface area (Å²) >= 11 is 1.89. The summed E-state index contributed by atoms with van der Waals surface area (Å²) in [7, 11) is -3.09. The van der Waals surface area contributed by atoms with Crippen LogP contribution >= 0.6 is 11.8 Å². The molecule has 0 aliphatic carbocycles. The minimum Gasteiger partial charge on any atom is -0.317 e. The molecule has 1 atom stereocenters. The zero-order chi connectivity index (χ0) is 14.2. The second kappa shape index (κ2) is 8.49. The first-order valence-electron chi connectivity index (χ1n) is 7.29. The summed E-state index contributed by atoms with van der Waals surface area (Å²) in [4.78, 5) is 0. The van der Waals surface area contributed by atoms with Crippen LogP contribution in [-0.4, -0.2) is 44.3 Å². The van der Waals surface area contributed by atoms with E-state index in [1.54, 1.807) is 0 Å². The molecule has 0 bridgehead atoms. The molecule has 6 heteroatoms. The Morgan fingerprint density at radius 2 is 2.05 bits per heavy atom. The van der Waals surface area contributed by atoms with Crippen LogP contribution < -0.4 is 10.0 Å². The quantitative estimate of drug-likeness (QED) is 0.606. The number of hydrogen-bond acceptors (Lipinski definition) is 4. The van der Waals surface area contributed by atoms with Gasteiger partial charge in [0.05, 0.1) is 5.75 Å². The van der Waals surface area contributed by atoms with Crippen molar-refractivity contribution >= 4 is 21.8 Å². The number of nitrogens with one attached hydrogen (secondary N) is 2. The number of unbranched alkanes of at least 4 members (excludes halogenated alkanes) is 1. The lowest BCUT2D eigenvalue weighted by Crippen LogP contribution is -2.38. The highest BCUT2D eigenvalue weighted by atomic mass is 32.2. The van der Waals surface area contributed by atoms with Crippen molar-refractivity contribution in [3.63, 3.8) is 0 Å². The molecular formula is C13H28N2O2S2. The van der Waals surface area contributed by atoms with Gasteiger partial charge in [-0.2, -0.15) is 11.8 Å². The van der Waals surface area contributed by atoms with Gasteiger partial charge in [-0.3, -0.25) is 0 Å². The van der Waals surface area contributed by atoms with Crippen molar-refractivity contribution in [1.82, 2.24) is 10.0 Å². The Hall–Kier alpha value is 0.220. The Kier molecular flexibility index (Phi) is 7.72. The lowest BCUT2D eigenvalue weighted by atomic mass is 10.1. The Morgan fingerprint density at radius 1 is 1.26 bits per heavy atom. The van der Waals surface area contributed by atoms with E-state index in [-0.39, 0.29) is 10.5 Å². The zero-order valence-corrected chi connectivity index (χ0v) is 13.8. The summed E-state index contributed by atoms with van der Waals surface area (Å²) in [5.41, 5.74) is 0. The zero-order valence-electron chi connectivity index (χ0n) is 12.2. The molecule has 0 amide bonds. The molecule has 1 rings (SSSR count). The van der Waals surface area contributed by atoms with Crippen LogP contribution in [0.4, 0.5) is 0 Å².